The van der Waals surface area contributed by atoms with Crippen molar-refractivity contribution in [1.29, 1.82) is 5.26 Å². The Balaban J connectivity index is 1.80. The van der Waals surface area contributed by atoms with Crippen LogP contribution in [0.3, 0.4) is 0 Å². The van der Waals surface area contributed by atoms with Crippen LogP contribution in [0.2, 0.25) is 5.02 Å². The second-order valence-electron chi connectivity index (χ2n) is 7.74. The number of hydrogen-bond acceptors (Lipinski definition) is 4. The van der Waals surface area contributed by atoms with Crippen molar-refractivity contribution in [2.75, 3.05) is 19.4 Å². The van der Waals surface area contributed by atoms with E-state index in [0.717, 1.165) is 23.4 Å². The summed E-state index contributed by atoms with van der Waals surface area (Å²) in [5, 5.41) is 12.6. The first-order chi connectivity index (χ1) is 14.9. The molecular weight excluding hydrogens is 408 g/mol. The summed E-state index contributed by atoms with van der Waals surface area (Å²) in [6.07, 6.45) is 0. The Labute approximate surface area is 186 Å². The molecule has 1 aliphatic heterocycles. The van der Waals surface area contributed by atoms with Crippen LogP contribution in [0.5, 0.6) is 0 Å². The molecule has 3 aromatic rings. The van der Waals surface area contributed by atoms with Crippen LogP contribution in [-0.2, 0) is 11.3 Å². The number of anilines is 1. The Bertz CT molecular complexity index is 1190. The SMILES string of the molecule is CN(C)Cc1ccc(N=C(c2ccc(C#N)cc2)C2C(=O)Nc3cc(Cl)ccc32)cc1. The number of fused-ring (bicyclic) bond motifs is 1. The van der Waals surface area contributed by atoms with Crippen LogP contribution in [0.1, 0.15) is 28.2 Å². The fourth-order valence-electron chi connectivity index (χ4n) is 3.70. The highest BCUT2D eigenvalue weighted by atomic mass is 35.5. The molecule has 154 valence electrons. The number of hydrogen-bond donors (Lipinski definition) is 1. The summed E-state index contributed by atoms with van der Waals surface area (Å²) in [5.74, 6) is -0.716. The standard InChI is InChI=1S/C25H21ClN4O/c1-30(2)15-17-5-10-20(11-6-17)28-24(18-7-3-16(14-27)4-8-18)23-21-12-9-19(26)13-22(21)29-25(23)31/h3-13,23H,15H2,1-2H3,(H,29,31). The smallest absolute Gasteiger partial charge is 0.238 e. The average molecular weight is 429 g/mol. The number of aliphatic imine (C=N–C) groups is 1. The predicted molar refractivity (Wildman–Crippen MR) is 124 cm³/mol. The first-order valence-electron chi connectivity index (χ1n) is 9.87. The number of nitriles is 1. The van der Waals surface area contributed by atoms with Gasteiger partial charge in [-0.1, -0.05) is 41.9 Å². The summed E-state index contributed by atoms with van der Waals surface area (Å²) in [4.78, 5) is 19.9. The normalized spacial score (nSPS) is 15.5. The zero-order valence-corrected chi connectivity index (χ0v) is 18.0. The number of benzene rings is 3. The van der Waals surface area contributed by atoms with Crippen molar-refractivity contribution < 1.29 is 4.79 Å². The average Bonchev–Trinajstić information content (AvgIpc) is 3.07. The minimum absolute atomic E-state index is 0.149. The van der Waals surface area contributed by atoms with Gasteiger partial charge in [0.1, 0.15) is 5.92 Å². The lowest BCUT2D eigenvalue weighted by Crippen LogP contribution is -2.22. The fourth-order valence-corrected chi connectivity index (χ4v) is 3.87. The topological polar surface area (TPSA) is 68.5 Å². The third kappa shape index (κ3) is 4.51. The third-order valence-electron chi connectivity index (χ3n) is 5.11. The molecule has 1 aliphatic rings. The zero-order chi connectivity index (χ0) is 22.0. The Kier molecular flexibility index (Phi) is 5.85. The number of carbonyl (C=O) groups is 1. The van der Waals surface area contributed by atoms with Gasteiger partial charge in [0.25, 0.3) is 0 Å². The number of rotatable bonds is 5. The van der Waals surface area contributed by atoms with E-state index in [2.05, 4.69) is 16.3 Å². The lowest BCUT2D eigenvalue weighted by atomic mass is 9.90. The van der Waals surface area contributed by atoms with Gasteiger partial charge in [-0.15, -0.1) is 0 Å². The summed E-state index contributed by atoms with van der Waals surface area (Å²) < 4.78 is 0. The summed E-state index contributed by atoms with van der Waals surface area (Å²) in [5.41, 5.74) is 5.45. The molecule has 0 radical (unpaired) electrons. The molecule has 4 rings (SSSR count). The van der Waals surface area contributed by atoms with Crippen LogP contribution < -0.4 is 5.32 Å². The molecule has 1 amide bonds. The van der Waals surface area contributed by atoms with E-state index in [9.17, 15) is 4.79 Å². The summed E-state index contributed by atoms with van der Waals surface area (Å²) in [7, 11) is 4.05. The summed E-state index contributed by atoms with van der Waals surface area (Å²) >= 11 is 6.11. The van der Waals surface area contributed by atoms with Crippen molar-refractivity contribution in [3.8, 4) is 6.07 Å². The highest BCUT2D eigenvalue weighted by Crippen LogP contribution is 2.37. The summed E-state index contributed by atoms with van der Waals surface area (Å²) in [6, 6.07) is 22.6. The molecule has 3 aromatic carbocycles. The van der Waals surface area contributed by atoms with Crippen LogP contribution in [0.25, 0.3) is 0 Å². The van der Waals surface area contributed by atoms with Crippen LogP contribution in [0.15, 0.2) is 71.7 Å². The molecule has 0 fully saturated rings. The molecule has 6 heteroatoms. The number of nitrogens with one attached hydrogen (secondary N) is 1. The van der Waals surface area contributed by atoms with Crippen LogP contribution in [0, 0.1) is 11.3 Å². The minimum Gasteiger partial charge on any atom is -0.325 e. The van der Waals surface area contributed by atoms with E-state index in [1.165, 1.54) is 5.56 Å². The van der Waals surface area contributed by atoms with Gasteiger partial charge in [-0.2, -0.15) is 5.26 Å². The molecule has 0 aliphatic carbocycles. The molecule has 1 N–H and O–H groups in total. The molecule has 0 spiro atoms. The van der Waals surface area contributed by atoms with Gasteiger partial charge in [0.2, 0.25) is 5.91 Å². The molecule has 31 heavy (non-hydrogen) atoms. The van der Waals surface area contributed by atoms with Gasteiger partial charge in [-0.05, 0) is 67.2 Å². The predicted octanol–water partition coefficient (Wildman–Crippen LogP) is 5.13. The lowest BCUT2D eigenvalue weighted by Gasteiger charge is -2.14. The van der Waals surface area contributed by atoms with Crippen molar-refractivity contribution in [2.24, 2.45) is 4.99 Å². The van der Waals surface area contributed by atoms with Crippen LogP contribution in [-0.4, -0.2) is 30.6 Å². The first kappa shape index (κ1) is 20.8. The second-order valence-corrected chi connectivity index (χ2v) is 8.18. The zero-order valence-electron chi connectivity index (χ0n) is 17.3. The van der Waals surface area contributed by atoms with Crippen LogP contribution >= 0.6 is 11.6 Å². The van der Waals surface area contributed by atoms with Gasteiger partial charge in [0.05, 0.1) is 23.0 Å². The molecule has 5 nitrogen and oxygen atoms in total. The second kappa shape index (κ2) is 8.73. The van der Waals surface area contributed by atoms with Gasteiger partial charge in [0, 0.05) is 17.3 Å². The van der Waals surface area contributed by atoms with Gasteiger partial charge < -0.3 is 10.2 Å². The Morgan fingerprint density at radius 2 is 1.81 bits per heavy atom. The molecule has 0 saturated carbocycles. The van der Waals surface area contributed by atoms with Crippen molar-refractivity contribution in [3.05, 3.63) is 94.0 Å². The quantitative estimate of drug-likeness (QED) is 0.573. The number of carbonyl (C=O) groups excluding carboxylic acids is 1. The maximum atomic E-state index is 13.0. The van der Waals surface area contributed by atoms with E-state index in [-0.39, 0.29) is 5.91 Å². The first-order valence-corrected chi connectivity index (χ1v) is 10.3. The Morgan fingerprint density at radius 1 is 1.10 bits per heavy atom. The molecule has 0 aromatic heterocycles. The van der Waals surface area contributed by atoms with E-state index < -0.39 is 5.92 Å². The Hall–Kier alpha value is -3.46. The van der Waals surface area contributed by atoms with E-state index in [1.807, 2.05) is 56.6 Å². The van der Waals surface area contributed by atoms with Crippen molar-refractivity contribution in [2.45, 2.75) is 12.5 Å². The maximum Gasteiger partial charge on any atom is 0.238 e. The molecular formula is C25H21ClN4O. The van der Waals surface area contributed by atoms with E-state index in [4.69, 9.17) is 21.9 Å². The van der Waals surface area contributed by atoms with Gasteiger partial charge in [-0.25, -0.2) is 0 Å². The molecule has 1 atom stereocenters. The third-order valence-corrected chi connectivity index (χ3v) is 5.35. The number of nitrogens with zero attached hydrogens (tertiary/aromatic N) is 3. The Morgan fingerprint density at radius 3 is 2.45 bits per heavy atom. The number of halogens is 1. The lowest BCUT2D eigenvalue weighted by molar-refractivity contribution is -0.115. The van der Waals surface area contributed by atoms with Crippen LogP contribution in [0.4, 0.5) is 11.4 Å². The maximum absolute atomic E-state index is 13.0. The molecule has 0 bridgehead atoms. The fraction of sp³-hybridized carbons (Fsp3) is 0.160. The molecule has 0 saturated heterocycles. The highest BCUT2D eigenvalue weighted by Gasteiger charge is 2.35. The van der Waals surface area contributed by atoms with Gasteiger partial charge >= 0.3 is 0 Å². The van der Waals surface area contributed by atoms with Crippen molar-refractivity contribution in [1.82, 2.24) is 4.90 Å². The molecule has 1 heterocycles. The van der Waals surface area contributed by atoms with Gasteiger partial charge in [0.15, 0.2) is 0 Å². The van der Waals surface area contributed by atoms with E-state index in [1.54, 1.807) is 24.3 Å². The minimum atomic E-state index is -0.568. The monoisotopic (exact) mass is 428 g/mol. The summed E-state index contributed by atoms with van der Waals surface area (Å²) in [6.45, 7) is 0.839. The largest absolute Gasteiger partial charge is 0.325 e. The van der Waals surface area contributed by atoms with Crippen molar-refractivity contribution in [3.63, 3.8) is 0 Å². The highest BCUT2D eigenvalue weighted by molar-refractivity contribution is 6.31. The van der Waals surface area contributed by atoms with E-state index >= 15 is 0 Å². The van der Waals surface area contributed by atoms with Gasteiger partial charge in [-0.3, -0.25) is 9.79 Å². The molecule has 1 unspecified atom stereocenters. The van der Waals surface area contributed by atoms with E-state index in [0.29, 0.717) is 22.0 Å². The van der Waals surface area contributed by atoms with Crippen molar-refractivity contribution >= 4 is 34.6 Å². The number of amides is 1.